The number of rotatable bonds is 11. The summed E-state index contributed by atoms with van der Waals surface area (Å²) in [4.78, 5) is 0. The molecule has 0 aromatic rings. The first-order valence-electron chi connectivity index (χ1n) is 6.63. The number of nitrogens with two attached hydrogens (primary N) is 1. The third-order valence-electron chi connectivity index (χ3n) is 2.72. The molecule has 0 saturated carbocycles. The second-order valence-electron chi connectivity index (χ2n) is 4.38. The van der Waals surface area contributed by atoms with Gasteiger partial charge in [0.25, 0.3) is 0 Å². The molecule has 0 spiro atoms. The van der Waals surface area contributed by atoms with Crippen molar-refractivity contribution < 1.29 is 4.74 Å². The van der Waals surface area contributed by atoms with Crippen molar-refractivity contribution in [1.29, 1.82) is 0 Å². The van der Waals surface area contributed by atoms with Crippen molar-refractivity contribution in [3.05, 3.63) is 0 Å². The molecule has 0 aromatic carbocycles. The number of ether oxygens (including phenoxy) is 1. The fraction of sp³-hybridized carbons (Fsp3) is 1.00. The van der Waals surface area contributed by atoms with Crippen molar-refractivity contribution in [3.63, 3.8) is 0 Å². The van der Waals surface area contributed by atoms with E-state index < -0.39 is 0 Å². The van der Waals surface area contributed by atoms with E-state index in [0.29, 0.717) is 6.10 Å². The van der Waals surface area contributed by atoms with E-state index in [0.717, 1.165) is 26.0 Å². The first-order valence-corrected chi connectivity index (χ1v) is 6.63. The summed E-state index contributed by atoms with van der Waals surface area (Å²) in [6, 6.07) is 0. The van der Waals surface area contributed by atoms with Crippen LogP contribution in [0.5, 0.6) is 0 Å². The van der Waals surface area contributed by atoms with E-state index in [4.69, 9.17) is 10.5 Å². The summed E-state index contributed by atoms with van der Waals surface area (Å²) in [5, 5.41) is 0. The molecule has 0 heterocycles. The standard InChI is InChI=1S/C13H29NO/c1-3-4-5-6-7-8-12-15-13(2)10-9-11-14/h13H,3-12,14H2,1-2H3. The van der Waals surface area contributed by atoms with Crippen molar-refractivity contribution >= 4 is 0 Å². The van der Waals surface area contributed by atoms with Crippen LogP contribution in [0.15, 0.2) is 0 Å². The molecular formula is C13H29NO. The number of hydrogen-bond acceptors (Lipinski definition) is 2. The maximum Gasteiger partial charge on any atom is 0.0547 e. The highest BCUT2D eigenvalue weighted by molar-refractivity contribution is 4.51. The first-order chi connectivity index (χ1) is 7.31. The van der Waals surface area contributed by atoms with Crippen LogP contribution in [0.2, 0.25) is 0 Å². The van der Waals surface area contributed by atoms with Crippen LogP contribution in [-0.4, -0.2) is 19.3 Å². The van der Waals surface area contributed by atoms with Gasteiger partial charge in [-0.15, -0.1) is 0 Å². The number of hydrogen-bond donors (Lipinski definition) is 1. The van der Waals surface area contributed by atoms with Crippen molar-refractivity contribution in [3.8, 4) is 0 Å². The molecule has 0 aromatic heterocycles. The van der Waals surface area contributed by atoms with Crippen molar-refractivity contribution in [2.75, 3.05) is 13.2 Å². The topological polar surface area (TPSA) is 35.2 Å². The van der Waals surface area contributed by atoms with Crippen LogP contribution in [0.25, 0.3) is 0 Å². The highest BCUT2D eigenvalue weighted by Gasteiger charge is 2.00. The lowest BCUT2D eigenvalue weighted by molar-refractivity contribution is 0.0566. The molecule has 0 amide bonds. The Balaban J connectivity index is 3.02. The Morgan fingerprint density at radius 3 is 2.33 bits per heavy atom. The largest absolute Gasteiger partial charge is 0.379 e. The van der Waals surface area contributed by atoms with Gasteiger partial charge in [0.15, 0.2) is 0 Å². The summed E-state index contributed by atoms with van der Waals surface area (Å²) < 4.78 is 5.70. The smallest absolute Gasteiger partial charge is 0.0547 e. The van der Waals surface area contributed by atoms with Gasteiger partial charge in [-0.1, -0.05) is 39.0 Å². The summed E-state index contributed by atoms with van der Waals surface area (Å²) in [6.07, 6.45) is 10.6. The van der Waals surface area contributed by atoms with Gasteiger partial charge in [0.1, 0.15) is 0 Å². The lowest BCUT2D eigenvalue weighted by Gasteiger charge is -2.12. The minimum Gasteiger partial charge on any atom is -0.379 e. The molecule has 1 atom stereocenters. The summed E-state index contributed by atoms with van der Waals surface area (Å²) in [6.45, 7) is 6.11. The predicted molar refractivity (Wildman–Crippen MR) is 67.1 cm³/mol. The van der Waals surface area contributed by atoms with E-state index in [1.165, 1.54) is 38.5 Å². The molecule has 0 aliphatic carbocycles. The van der Waals surface area contributed by atoms with Gasteiger partial charge in [-0.3, -0.25) is 0 Å². The predicted octanol–water partition coefficient (Wildman–Crippen LogP) is 3.49. The maximum atomic E-state index is 5.70. The summed E-state index contributed by atoms with van der Waals surface area (Å²) in [5.41, 5.74) is 5.44. The van der Waals surface area contributed by atoms with E-state index in [1.54, 1.807) is 0 Å². The lowest BCUT2D eigenvalue weighted by Crippen LogP contribution is -2.11. The number of unbranched alkanes of at least 4 members (excludes halogenated alkanes) is 5. The molecule has 2 nitrogen and oxygen atoms in total. The molecule has 0 aliphatic rings. The van der Waals surface area contributed by atoms with E-state index in [1.807, 2.05) is 0 Å². The second kappa shape index (κ2) is 12.0. The SMILES string of the molecule is CCCCCCCCOC(C)CCCN. The van der Waals surface area contributed by atoms with Gasteiger partial charge in [0.05, 0.1) is 6.10 Å². The molecule has 0 rings (SSSR count). The van der Waals surface area contributed by atoms with Gasteiger partial charge >= 0.3 is 0 Å². The van der Waals surface area contributed by atoms with E-state index in [2.05, 4.69) is 13.8 Å². The van der Waals surface area contributed by atoms with Crippen LogP contribution in [0.1, 0.15) is 65.2 Å². The van der Waals surface area contributed by atoms with Gasteiger partial charge in [0.2, 0.25) is 0 Å². The second-order valence-corrected chi connectivity index (χ2v) is 4.38. The summed E-state index contributed by atoms with van der Waals surface area (Å²) in [7, 11) is 0. The van der Waals surface area contributed by atoms with E-state index in [9.17, 15) is 0 Å². The highest BCUT2D eigenvalue weighted by Crippen LogP contribution is 2.07. The van der Waals surface area contributed by atoms with Crippen molar-refractivity contribution in [2.45, 2.75) is 71.3 Å². The fourth-order valence-corrected chi connectivity index (χ4v) is 1.66. The van der Waals surface area contributed by atoms with Crippen LogP contribution < -0.4 is 5.73 Å². The first kappa shape index (κ1) is 14.9. The van der Waals surface area contributed by atoms with Crippen molar-refractivity contribution in [1.82, 2.24) is 0 Å². The minimum absolute atomic E-state index is 0.393. The average Bonchev–Trinajstić information content (AvgIpc) is 2.25. The Bertz CT molecular complexity index is 117. The molecular weight excluding hydrogens is 186 g/mol. The minimum atomic E-state index is 0.393. The van der Waals surface area contributed by atoms with E-state index in [-0.39, 0.29) is 0 Å². The van der Waals surface area contributed by atoms with Crippen LogP contribution >= 0.6 is 0 Å². The average molecular weight is 215 g/mol. The lowest BCUT2D eigenvalue weighted by atomic mass is 10.1. The molecule has 1 unspecified atom stereocenters. The van der Waals surface area contributed by atoms with Gasteiger partial charge < -0.3 is 10.5 Å². The van der Waals surface area contributed by atoms with E-state index >= 15 is 0 Å². The van der Waals surface area contributed by atoms with Gasteiger partial charge in [-0.2, -0.15) is 0 Å². The monoisotopic (exact) mass is 215 g/mol. The third-order valence-corrected chi connectivity index (χ3v) is 2.72. The Morgan fingerprint density at radius 1 is 1.00 bits per heavy atom. The third kappa shape index (κ3) is 11.8. The van der Waals surface area contributed by atoms with Gasteiger partial charge in [0, 0.05) is 6.61 Å². The van der Waals surface area contributed by atoms with Crippen LogP contribution in [0.4, 0.5) is 0 Å². The Labute approximate surface area is 95.6 Å². The Kier molecular flexibility index (Phi) is 11.9. The fourth-order valence-electron chi connectivity index (χ4n) is 1.66. The summed E-state index contributed by atoms with van der Waals surface area (Å²) >= 11 is 0. The van der Waals surface area contributed by atoms with Crippen molar-refractivity contribution in [2.24, 2.45) is 5.73 Å². The van der Waals surface area contributed by atoms with Crippen LogP contribution in [0, 0.1) is 0 Å². The molecule has 2 N–H and O–H groups in total. The zero-order chi connectivity index (χ0) is 11.4. The molecule has 0 fully saturated rings. The van der Waals surface area contributed by atoms with Crippen LogP contribution in [0.3, 0.4) is 0 Å². The molecule has 0 saturated heterocycles. The molecule has 0 bridgehead atoms. The van der Waals surface area contributed by atoms with Gasteiger partial charge in [-0.25, -0.2) is 0 Å². The highest BCUT2D eigenvalue weighted by atomic mass is 16.5. The zero-order valence-corrected chi connectivity index (χ0v) is 10.6. The van der Waals surface area contributed by atoms with Gasteiger partial charge in [-0.05, 0) is 32.7 Å². The molecule has 92 valence electrons. The molecule has 2 heteroatoms. The normalized spacial score (nSPS) is 13.0. The Morgan fingerprint density at radius 2 is 1.67 bits per heavy atom. The summed E-state index contributed by atoms with van der Waals surface area (Å²) in [5.74, 6) is 0. The molecule has 0 radical (unpaired) electrons. The Hall–Kier alpha value is -0.0800. The quantitative estimate of drug-likeness (QED) is 0.535. The molecule has 0 aliphatic heterocycles. The molecule has 15 heavy (non-hydrogen) atoms. The van der Waals surface area contributed by atoms with Crippen LogP contribution in [-0.2, 0) is 4.74 Å². The maximum absolute atomic E-state index is 5.70. The zero-order valence-electron chi connectivity index (χ0n) is 10.6.